The van der Waals surface area contributed by atoms with Crippen LogP contribution in [0.25, 0.3) is 22.4 Å². The van der Waals surface area contributed by atoms with Crippen molar-refractivity contribution in [1.29, 1.82) is 0 Å². The van der Waals surface area contributed by atoms with E-state index in [9.17, 15) is 0 Å². The fourth-order valence-corrected chi connectivity index (χ4v) is 2.72. The average molecular weight is 335 g/mol. The third-order valence-corrected chi connectivity index (χ3v) is 3.84. The monoisotopic (exact) mass is 335 g/mol. The standard InChI is InChI=1S/C16H17N9/c1-9-13-15(18-8-12-19-10(2)22-23-12)20-14(11-5-4-6-17-7-11)21-16(13)25(3)24-9/h4-7H,8H2,1-3H3,(H,18,20,21)(H,19,22,23). The molecule has 4 heterocycles. The first kappa shape index (κ1) is 15.2. The maximum Gasteiger partial charge on any atom is 0.169 e. The Morgan fingerprint density at radius 2 is 2.08 bits per heavy atom. The fourth-order valence-electron chi connectivity index (χ4n) is 2.72. The van der Waals surface area contributed by atoms with Gasteiger partial charge in [0.25, 0.3) is 0 Å². The minimum absolute atomic E-state index is 0.456. The van der Waals surface area contributed by atoms with Gasteiger partial charge in [0.05, 0.1) is 17.6 Å². The van der Waals surface area contributed by atoms with E-state index in [1.165, 1.54) is 0 Å². The molecule has 0 unspecified atom stereocenters. The van der Waals surface area contributed by atoms with Crippen LogP contribution in [-0.2, 0) is 13.6 Å². The van der Waals surface area contributed by atoms with Gasteiger partial charge in [0, 0.05) is 25.0 Å². The number of pyridine rings is 1. The van der Waals surface area contributed by atoms with Gasteiger partial charge in [-0.2, -0.15) is 10.2 Å². The summed E-state index contributed by atoms with van der Waals surface area (Å²) in [4.78, 5) is 17.8. The fraction of sp³-hybridized carbons (Fsp3) is 0.250. The van der Waals surface area contributed by atoms with E-state index in [0.29, 0.717) is 24.0 Å². The molecule has 0 bridgehead atoms. The Balaban J connectivity index is 1.80. The highest BCUT2D eigenvalue weighted by Crippen LogP contribution is 2.27. The van der Waals surface area contributed by atoms with Gasteiger partial charge in [-0.3, -0.25) is 14.8 Å². The summed E-state index contributed by atoms with van der Waals surface area (Å²) in [7, 11) is 1.87. The number of H-pyrrole nitrogens is 1. The van der Waals surface area contributed by atoms with Gasteiger partial charge >= 0.3 is 0 Å². The zero-order valence-electron chi connectivity index (χ0n) is 14.1. The van der Waals surface area contributed by atoms with Crippen LogP contribution in [0, 0.1) is 13.8 Å². The highest BCUT2D eigenvalue weighted by atomic mass is 15.3. The van der Waals surface area contributed by atoms with Crippen molar-refractivity contribution in [3.05, 3.63) is 41.9 Å². The van der Waals surface area contributed by atoms with Crippen LogP contribution >= 0.6 is 0 Å². The largest absolute Gasteiger partial charge is 0.362 e. The van der Waals surface area contributed by atoms with Crippen molar-refractivity contribution in [2.45, 2.75) is 20.4 Å². The second kappa shape index (κ2) is 5.93. The quantitative estimate of drug-likeness (QED) is 0.585. The van der Waals surface area contributed by atoms with Crippen LogP contribution in [0.4, 0.5) is 5.82 Å². The van der Waals surface area contributed by atoms with E-state index in [1.54, 1.807) is 17.1 Å². The Bertz CT molecular complexity index is 1030. The lowest BCUT2D eigenvalue weighted by Gasteiger charge is -2.08. The molecule has 0 aliphatic heterocycles. The third kappa shape index (κ3) is 2.80. The van der Waals surface area contributed by atoms with Crippen molar-refractivity contribution in [1.82, 2.24) is 39.9 Å². The average Bonchev–Trinajstić information content (AvgIpc) is 3.17. The first-order chi connectivity index (χ1) is 12.1. The number of anilines is 1. The van der Waals surface area contributed by atoms with Crippen molar-refractivity contribution >= 4 is 16.9 Å². The number of aromatic amines is 1. The molecule has 0 aliphatic rings. The van der Waals surface area contributed by atoms with E-state index in [2.05, 4.69) is 40.5 Å². The second-order valence-corrected chi connectivity index (χ2v) is 5.74. The molecule has 25 heavy (non-hydrogen) atoms. The van der Waals surface area contributed by atoms with Crippen LogP contribution in [0.2, 0.25) is 0 Å². The zero-order valence-corrected chi connectivity index (χ0v) is 14.1. The summed E-state index contributed by atoms with van der Waals surface area (Å²) < 4.78 is 1.76. The molecular formula is C16H17N9. The van der Waals surface area contributed by atoms with E-state index in [0.717, 1.165) is 28.1 Å². The third-order valence-electron chi connectivity index (χ3n) is 3.84. The second-order valence-electron chi connectivity index (χ2n) is 5.74. The number of hydrogen-bond donors (Lipinski definition) is 2. The van der Waals surface area contributed by atoms with Gasteiger partial charge < -0.3 is 5.32 Å². The Morgan fingerprint density at radius 3 is 2.80 bits per heavy atom. The highest BCUT2D eigenvalue weighted by Gasteiger charge is 2.16. The summed E-state index contributed by atoms with van der Waals surface area (Å²) in [5, 5.41) is 15.7. The van der Waals surface area contributed by atoms with Gasteiger partial charge in [-0.15, -0.1) is 0 Å². The smallest absolute Gasteiger partial charge is 0.169 e. The maximum atomic E-state index is 4.69. The van der Waals surface area contributed by atoms with Crippen molar-refractivity contribution in [2.75, 3.05) is 5.32 Å². The van der Waals surface area contributed by atoms with Gasteiger partial charge in [-0.25, -0.2) is 15.0 Å². The molecule has 0 aliphatic carbocycles. The number of rotatable bonds is 4. The molecule has 9 nitrogen and oxygen atoms in total. The molecule has 0 spiro atoms. The van der Waals surface area contributed by atoms with Crippen molar-refractivity contribution < 1.29 is 0 Å². The molecule has 0 fully saturated rings. The number of fused-ring (bicyclic) bond motifs is 1. The van der Waals surface area contributed by atoms with Crippen LogP contribution in [0.3, 0.4) is 0 Å². The Hall–Kier alpha value is -3.36. The predicted octanol–water partition coefficient (Wildman–Crippen LogP) is 1.77. The molecule has 0 saturated heterocycles. The van der Waals surface area contributed by atoms with E-state index in [-0.39, 0.29) is 0 Å². The number of nitrogens with one attached hydrogen (secondary N) is 2. The lowest BCUT2D eigenvalue weighted by Crippen LogP contribution is -2.06. The molecule has 126 valence electrons. The molecule has 4 rings (SSSR count). The topological polar surface area (TPSA) is 110 Å². The molecule has 9 heteroatoms. The molecular weight excluding hydrogens is 318 g/mol. The minimum Gasteiger partial charge on any atom is -0.362 e. The Morgan fingerprint density at radius 1 is 1.20 bits per heavy atom. The Labute approximate surface area is 143 Å². The summed E-state index contributed by atoms with van der Waals surface area (Å²) in [6.45, 7) is 4.26. The van der Waals surface area contributed by atoms with E-state index in [4.69, 9.17) is 0 Å². The van der Waals surface area contributed by atoms with Crippen molar-refractivity contribution in [2.24, 2.45) is 7.05 Å². The van der Waals surface area contributed by atoms with E-state index < -0.39 is 0 Å². The summed E-state index contributed by atoms with van der Waals surface area (Å²) >= 11 is 0. The summed E-state index contributed by atoms with van der Waals surface area (Å²) in [5.74, 6) is 2.75. The number of nitrogens with zero attached hydrogens (tertiary/aromatic N) is 7. The van der Waals surface area contributed by atoms with Crippen LogP contribution in [0.1, 0.15) is 17.3 Å². The molecule has 0 saturated carbocycles. The summed E-state index contributed by atoms with van der Waals surface area (Å²) in [5.41, 5.74) is 2.48. The molecule has 0 atom stereocenters. The zero-order chi connectivity index (χ0) is 17.4. The van der Waals surface area contributed by atoms with Gasteiger partial charge in [0.15, 0.2) is 17.3 Å². The molecule has 0 amide bonds. The normalized spacial score (nSPS) is 11.2. The summed E-state index contributed by atoms with van der Waals surface area (Å²) in [6.07, 6.45) is 3.47. The van der Waals surface area contributed by atoms with E-state index in [1.807, 2.05) is 33.0 Å². The Kier molecular flexibility index (Phi) is 3.60. The first-order valence-corrected chi connectivity index (χ1v) is 7.85. The van der Waals surface area contributed by atoms with Gasteiger partial charge in [-0.05, 0) is 26.0 Å². The van der Waals surface area contributed by atoms with Gasteiger partial charge in [-0.1, -0.05) is 0 Å². The van der Waals surface area contributed by atoms with Crippen molar-refractivity contribution in [3.8, 4) is 11.4 Å². The van der Waals surface area contributed by atoms with Crippen LogP contribution < -0.4 is 5.32 Å². The van der Waals surface area contributed by atoms with E-state index >= 15 is 0 Å². The number of hydrogen-bond acceptors (Lipinski definition) is 7. The SMILES string of the molecule is Cc1nc(CNc2nc(-c3cccnc3)nc3c2c(C)nn3C)n[nH]1. The van der Waals surface area contributed by atoms with Crippen LogP contribution in [0.5, 0.6) is 0 Å². The highest BCUT2D eigenvalue weighted by molar-refractivity contribution is 5.90. The van der Waals surface area contributed by atoms with Crippen molar-refractivity contribution in [3.63, 3.8) is 0 Å². The lowest BCUT2D eigenvalue weighted by atomic mass is 10.2. The predicted molar refractivity (Wildman–Crippen MR) is 92.7 cm³/mol. The van der Waals surface area contributed by atoms with Crippen LogP contribution in [0.15, 0.2) is 24.5 Å². The number of aryl methyl sites for hydroxylation is 3. The maximum absolute atomic E-state index is 4.69. The molecule has 4 aromatic rings. The number of aromatic nitrogens is 8. The van der Waals surface area contributed by atoms with Gasteiger partial charge in [0.1, 0.15) is 11.6 Å². The lowest BCUT2D eigenvalue weighted by molar-refractivity contribution is 0.773. The first-order valence-electron chi connectivity index (χ1n) is 7.85. The summed E-state index contributed by atoms with van der Waals surface area (Å²) in [6, 6.07) is 3.79. The molecule has 4 aromatic heterocycles. The molecule has 0 aromatic carbocycles. The molecule has 0 radical (unpaired) electrons. The van der Waals surface area contributed by atoms with Gasteiger partial charge in [0.2, 0.25) is 0 Å². The van der Waals surface area contributed by atoms with Crippen LogP contribution in [-0.4, -0.2) is 39.9 Å². The minimum atomic E-state index is 0.456. The molecule has 2 N–H and O–H groups in total.